The number of carboxylic acid groups (broad SMARTS) is 1. The molecule has 0 saturated carbocycles. The summed E-state index contributed by atoms with van der Waals surface area (Å²) in [5.41, 5.74) is -0.247. The van der Waals surface area contributed by atoms with Gasteiger partial charge < -0.3 is 15.3 Å². The standard InChI is InChI=1S/C11H14N2O4S/c1-11(2,17)9-8-6(3-4-18-8)10(16)13(12-9)5-7(14)15/h3-4,10,16-17H,5H2,1-2H3,(H,14,15). The molecule has 1 unspecified atom stereocenters. The molecule has 7 heteroatoms. The van der Waals surface area contributed by atoms with Crippen molar-refractivity contribution in [3.05, 3.63) is 21.9 Å². The molecule has 2 heterocycles. The van der Waals surface area contributed by atoms with Gasteiger partial charge in [-0.3, -0.25) is 9.80 Å². The van der Waals surface area contributed by atoms with Gasteiger partial charge in [0.05, 0.1) is 4.88 Å². The molecular formula is C11H14N2O4S. The molecular weight excluding hydrogens is 256 g/mol. The SMILES string of the molecule is CC(C)(O)C1=NN(CC(=O)O)C(O)c2ccsc21. The largest absolute Gasteiger partial charge is 0.480 e. The quantitative estimate of drug-likeness (QED) is 0.748. The fourth-order valence-electron chi connectivity index (χ4n) is 1.76. The second-order valence-corrected chi connectivity index (χ2v) is 5.49. The summed E-state index contributed by atoms with van der Waals surface area (Å²) in [7, 11) is 0. The Morgan fingerprint density at radius 1 is 1.61 bits per heavy atom. The molecule has 6 nitrogen and oxygen atoms in total. The van der Waals surface area contributed by atoms with Crippen LogP contribution in [0.1, 0.15) is 30.5 Å². The average molecular weight is 270 g/mol. The number of aliphatic hydroxyl groups is 2. The average Bonchev–Trinajstić information content (AvgIpc) is 2.68. The van der Waals surface area contributed by atoms with Crippen LogP contribution in [0.2, 0.25) is 0 Å². The van der Waals surface area contributed by atoms with Crippen LogP contribution in [-0.2, 0) is 4.79 Å². The Hall–Kier alpha value is -1.44. The Balaban J connectivity index is 2.46. The summed E-state index contributed by atoms with van der Waals surface area (Å²) in [6.07, 6.45) is -1.09. The van der Waals surface area contributed by atoms with Crippen molar-refractivity contribution in [3.63, 3.8) is 0 Å². The lowest BCUT2D eigenvalue weighted by atomic mass is 9.97. The van der Waals surface area contributed by atoms with Gasteiger partial charge in [-0.2, -0.15) is 5.10 Å². The molecule has 0 aromatic carbocycles. The molecule has 0 saturated heterocycles. The van der Waals surface area contributed by atoms with E-state index in [1.54, 1.807) is 25.3 Å². The van der Waals surface area contributed by atoms with Crippen LogP contribution < -0.4 is 0 Å². The van der Waals surface area contributed by atoms with Gasteiger partial charge in [0.15, 0.2) is 6.23 Å². The number of nitrogens with zero attached hydrogens (tertiary/aromatic N) is 2. The number of carbonyl (C=O) groups is 1. The minimum atomic E-state index is -1.20. The summed E-state index contributed by atoms with van der Waals surface area (Å²) in [5, 5.41) is 35.8. The maximum absolute atomic E-state index is 10.7. The molecule has 98 valence electrons. The summed E-state index contributed by atoms with van der Waals surface area (Å²) >= 11 is 1.36. The molecule has 0 amide bonds. The summed E-state index contributed by atoms with van der Waals surface area (Å²) in [6, 6.07) is 1.71. The second kappa shape index (κ2) is 4.34. The van der Waals surface area contributed by atoms with Crippen molar-refractivity contribution in [3.8, 4) is 0 Å². The third-order valence-corrected chi connectivity index (χ3v) is 3.51. The van der Waals surface area contributed by atoms with Gasteiger partial charge in [-0.05, 0) is 25.3 Å². The van der Waals surface area contributed by atoms with Gasteiger partial charge >= 0.3 is 5.97 Å². The topological polar surface area (TPSA) is 93.4 Å². The van der Waals surface area contributed by atoms with Crippen LogP contribution in [0.5, 0.6) is 0 Å². The van der Waals surface area contributed by atoms with Gasteiger partial charge in [0.25, 0.3) is 0 Å². The van der Waals surface area contributed by atoms with Crippen LogP contribution in [0.3, 0.4) is 0 Å². The molecule has 1 aromatic heterocycles. The zero-order valence-corrected chi connectivity index (χ0v) is 10.8. The van der Waals surface area contributed by atoms with E-state index in [4.69, 9.17) is 5.11 Å². The van der Waals surface area contributed by atoms with Gasteiger partial charge in [-0.25, -0.2) is 0 Å². The highest BCUT2D eigenvalue weighted by molar-refractivity contribution is 7.12. The van der Waals surface area contributed by atoms with E-state index in [-0.39, 0.29) is 0 Å². The first-order valence-electron chi connectivity index (χ1n) is 5.36. The van der Waals surface area contributed by atoms with Crippen LogP contribution >= 0.6 is 11.3 Å². The Morgan fingerprint density at radius 3 is 2.83 bits per heavy atom. The summed E-state index contributed by atoms with van der Waals surface area (Å²) < 4.78 is 0. The van der Waals surface area contributed by atoms with Crippen molar-refractivity contribution in [2.45, 2.75) is 25.7 Å². The zero-order chi connectivity index (χ0) is 13.5. The van der Waals surface area contributed by atoms with Crippen molar-refractivity contribution < 1.29 is 20.1 Å². The Labute approximate surface area is 108 Å². The van der Waals surface area contributed by atoms with Gasteiger partial charge in [-0.15, -0.1) is 11.3 Å². The molecule has 0 bridgehead atoms. The van der Waals surface area contributed by atoms with Crippen LogP contribution in [0, 0.1) is 0 Å². The number of hydrogen-bond donors (Lipinski definition) is 3. The first-order valence-corrected chi connectivity index (χ1v) is 6.24. The normalized spacial score (nSPS) is 19.4. The molecule has 3 N–H and O–H groups in total. The number of hydrogen-bond acceptors (Lipinski definition) is 6. The van der Waals surface area contributed by atoms with Crippen molar-refractivity contribution in [2.24, 2.45) is 5.10 Å². The number of carboxylic acids is 1. The van der Waals surface area contributed by atoms with E-state index in [1.165, 1.54) is 11.3 Å². The van der Waals surface area contributed by atoms with Crippen molar-refractivity contribution in [1.82, 2.24) is 5.01 Å². The fourth-order valence-corrected chi connectivity index (χ4v) is 2.83. The lowest BCUT2D eigenvalue weighted by Crippen LogP contribution is -2.41. The second-order valence-electron chi connectivity index (χ2n) is 4.58. The number of fused-ring (bicyclic) bond motifs is 1. The first kappa shape index (κ1) is 13.0. The number of thiophene rings is 1. The summed E-state index contributed by atoms with van der Waals surface area (Å²) in [6.45, 7) is 2.73. The first-order chi connectivity index (χ1) is 8.30. The number of hydrazone groups is 1. The number of rotatable bonds is 3. The van der Waals surface area contributed by atoms with E-state index in [9.17, 15) is 15.0 Å². The third-order valence-electron chi connectivity index (χ3n) is 2.58. The van der Waals surface area contributed by atoms with Crippen LogP contribution in [0.15, 0.2) is 16.5 Å². The fraction of sp³-hybridized carbons (Fsp3) is 0.455. The molecule has 1 aliphatic heterocycles. The third kappa shape index (κ3) is 2.24. The molecule has 0 aliphatic carbocycles. The highest BCUT2D eigenvalue weighted by atomic mass is 32.1. The van der Waals surface area contributed by atoms with E-state index in [0.29, 0.717) is 16.2 Å². The van der Waals surface area contributed by atoms with Crippen LogP contribution in [0.4, 0.5) is 0 Å². The van der Waals surface area contributed by atoms with E-state index < -0.39 is 24.3 Å². The van der Waals surface area contributed by atoms with Gasteiger partial charge in [-0.1, -0.05) is 0 Å². The van der Waals surface area contributed by atoms with E-state index in [2.05, 4.69) is 5.10 Å². The van der Waals surface area contributed by atoms with Gasteiger partial charge in [0.2, 0.25) is 0 Å². The Bertz CT molecular complexity index is 503. The Morgan fingerprint density at radius 2 is 2.28 bits per heavy atom. The maximum atomic E-state index is 10.7. The highest BCUT2D eigenvalue weighted by Gasteiger charge is 2.35. The predicted molar refractivity (Wildman–Crippen MR) is 66.5 cm³/mol. The molecule has 1 aromatic rings. The smallest absolute Gasteiger partial charge is 0.325 e. The zero-order valence-electron chi connectivity index (χ0n) is 9.99. The van der Waals surface area contributed by atoms with Crippen molar-refractivity contribution in [1.29, 1.82) is 0 Å². The molecule has 1 aliphatic rings. The molecule has 0 spiro atoms. The van der Waals surface area contributed by atoms with E-state index in [0.717, 1.165) is 5.01 Å². The van der Waals surface area contributed by atoms with Crippen LogP contribution in [0.25, 0.3) is 0 Å². The molecule has 1 atom stereocenters. The molecule has 18 heavy (non-hydrogen) atoms. The molecule has 2 rings (SSSR count). The number of aliphatic carboxylic acids is 1. The van der Waals surface area contributed by atoms with Gasteiger partial charge in [0.1, 0.15) is 17.9 Å². The summed E-state index contributed by atoms with van der Waals surface area (Å²) in [5.74, 6) is -1.09. The van der Waals surface area contributed by atoms with E-state index in [1.807, 2.05) is 0 Å². The molecule has 0 radical (unpaired) electrons. The Kier molecular flexibility index (Phi) is 3.14. The summed E-state index contributed by atoms with van der Waals surface area (Å²) in [4.78, 5) is 11.4. The van der Waals surface area contributed by atoms with Crippen molar-refractivity contribution >= 4 is 23.0 Å². The predicted octanol–water partition coefficient (Wildman–Crippen LogP) is 0.614. The van der Waals surface area contributed by atoms with Gasteiger partial charge in [0, 0.05) is 5.56 Å². The lowest BCUT2D eigenvalue weighted by Gasteiger charge is -2.32. The minimum Gasteiger partial charge on any atom is -0.480 e. The monoisotopic (exact) mass is 270 g/mol. The highest BCUT2D eigenvalue weighted by Crippen LogP contribution is 2.34. The lowest BCUT2D eigenvalue weighted by molar-refractivity contribution is -0.141. The minimum absolute atomic E-state index is 0.374. The molecule has 0 fully saturated rings. The number of aliphatic hydroxyl groups excluding tert-OH is 1. The maximum Gasteiger partial charge on any atom is 0.325 e. The van der Waals surface area contributed by atoms with Crippen LogP contribution in [-0.4, -0.2) is 44.2 Å². The van der Waals surface area contributed by atoms with Crippen molar-refractivity contribution in [2.75, 3.05) is 6.54 Å². The van der Waals surface area contributed by atoms with E-state index >= 15 is 0 Å².